The average Bonchev–Trinajstić information content (AvgIpc) is 2.90. The Morgan fingerprint density at radius 1 is 1.45 bits per heavy atom. The lowest BCUT2D eigenvalue weighted by Gasteiger charge is -2.14. The van der Waals surface area contributed by atoms with E-state index >= 15 is 0 Å². The summed E-state index contributed by atoms with van der Waals surface area (Å²) in [6, 6.07) is 6.64. The molecule has 0 bridgehead atoms. The van der Waals surface area contributed by atoms with Gasteiger partial charge in [0.25, 0.3) is 5.91 Å². The Hall–Kier alpha value is -1.85. The number of amides is 1. The highest BCUT2D eigenvalue weighted by Gasteiger charge is 2.17. The molecule has 1 heterocycles. The van der Waals surface area contributed by atoms with Crippen LogP contribution < -0.4 is 5.32 Å². The normalized spacial score (nSPS) is 12.4. The lowest BCUT2D eigenvalue weighted by Crippen LogP contribution is -2.29. The number of carbonyl (C=O) groups is 1. The maximum atomic E-state index is 12.0. The Labute approximate surface area is 134 Å². The van der Waals surface area contributed by atoms with Gasteiger partial charge in [0.15, 0.2) is 6.10 Å². The highest BCUT2D eigenvalue weighted by molar-refractivity contribution is 6.30. The molecule has 2 aromatic rings. The number of benzene rings is 1. The number of aromatic nitrogens is 2. The lowest BCUT2D eigenvalue weighted by atomic mass is 10.1. The molecule has 0 fully saturated rings. The number of imidazole rings is 1. The van der Waals surface area contributed by atoms with E-state index in [2.05, 4.69) is 24.1 Å². The average molecular weight is 322 g/mol. The molecule has 0 saturated carbocycles. The van der Waals surface area contributed by atoms with Gasteiger partial charge in [-0.15, -0.1) is 0 Å². The van der Waals surface area contributed by atoms with Gasteiger partial charge in [-0.25, -0.2) is 4.98 Å². The summed E-state index contributed by atoms with van der Waals surface area (Å²) in [6.07, 6.45) is 2.23. The molecule has 2 N–H and O–H groups in total. The molecule has 1 aromatic carbocycles. The predicted octanol–water partition coefficient (Wildman–Crippen LogP) is 2.54. The summed E-state index contributed by atoms with van der Waals surface area (Å²) in [7, 11) is 0. The fraction of sp³-hybridized carbons (Fsp3) is 0.375. The summed E-state index contributed by atoms with van der Waals surface area (Å²) in [5.41, 5.74) is 1.38. The van der Waals surface area contributed by atoms with Gasteiger partial charge in [-0.2, -0.15) is 0 Å². The van der Waals surface area contributed by atoms with Gasteiger partial charge in [-0.1, -0.05) is 37.6 Å². The summed E-state index contributed by atoms with van der Waals surface area (Å²) in [5.74, 6) is 0.0280. The summed E-state index contributed by atoms with van der Waals surface area (Å²) in [4.78, 5) is 16.1. The summed E-state index contributed by atoms with van der Waals surface area (Å²) >= 11 is 5.87. The van der Waals surface area contributed by atoms with Gasteiger partial charge in [0.05, 0.1) is 18.6 Å². The Kier molecular flexibility index (Phi) is 5.57. The van der Waals surface area contributed by atoms with Crippen molar-refractivity contribution < 1.29 is 9.90 Å². The van der Waals surface area contributed by atoms with Gasteiger partial charge in [0, 0.05) is 17.8 Å². The SMILES string of the molecule is CC(C)Cn1cncc1CNC(=O)[C@@H](O)c1cccc(Cl)c1. The Balaban J connectivity index is 1.97. The van der Waals surface area contributed by atoms with Crippen LogP contribution in [0, 0.1) is 5.92 Å². The van der Waals surface area contributed by atoms with E-state index in [0.29, 0.717) is 23.0 Å². The maximum absolute atomic E-state index is 12.0. The molecule has 5 nitrogen and oxygen atoms in total. The van der Waals surface area contributed by atoms with Crippen LogP contribution in [0.25, 0.3) is 0 Å². The van der Waals surface area contributed by atoms with E-state index in [4.69, 9.17) is 11.6 Å². The van der Waals surface area contributed by atoms with Crippen molar-refractivity contribution in [3.05, 3.63) is 53.1 Å². The topological polar surface area (TPSA) is 67.2 Å². The molecule has 0 aliphatic rings. The second kappa shape index (κ2) is 7.42. The molecule has 0 spiro atoms. The first-order chi connectivity index (χ1) is 10.5. The fourth-order valence-electron chi connectivity index (χ4n) is 2.16. The standard InChI is InChI=1S/C16H20ClN3O2/c1-11(2)9-20-10-18-7-14(20)8-19-16(22)15(21)12-4-3-5-13(17)6-12/h3-7,10-11,15,21H,8-9H2,1-2H3,(H,19,22)/t15-/m0/s1. The Morgan fingerprint density at radius 2 is 2.23 bits per heavy atom. The number of aliphatic hydroxyl groups excluding tert-OH is 1. The number of carbonyl (C=O) groups excluding carboxylic acids is 1. The zero-order valence-corrected chi connectivity index (χ0v) is 13.4. The lowest BCUT2D eigenvalue weighted by molar-refractivity contribution is -0.129. The second-order valence-corrected chi connectivity index (χ2v) is 6.04. The van der Waals surface area contributed by atoms with Crippen molar-refractivity contribution in [2.45, 2.75) is 33.0 Å². The maximum Gasteiger partial charge on any atom is 0.253 e. The minimum absolute atomic E-state index is 0.323. The van der Waals surface area contributed by atoms with Crippen molar-refractivity contribution in [2.24, 2.45) is 5.92 Å². The minimum atomic E-state index is -1.24. The second-order valence-electron chi connectivity index (χ2n) is 5.61. The number of halogens is 1. The van der Waals surface area contributed by atoms with Crippen molar-refractivity contribution in [1.82, 2.24) is 14.9 Å². The molecule has 6 heteroatoms. The van der Waals surface area contributed by atoms with Gasteiger partial charge in [-0.3, -0.25) is 4.79 Å². The van der Waals surface area contributed by atoms with Gasteiger partial charge in [-0.05, 0) is 23.6 Å². The zero-order valence-electron chi connectivity index (χ0n) is 12.7. The predicted molar refractivity (Wildman–Crippen MR) is 85.3 cm³/mol. The quantitative estimate of drug-likeness (QED) is 0.859. The van der Waals surface area contributed by atoms with Crippen LogP contribution in [0.5, 0.6) is 0 Å². The van der Waals surface area contributed by atoms with Crippen LogP contribution in [0.15, 0.2) is 36.8 Å². The summed E-state index contributed by atoms with van der Waals surface area (Å²) < 4.78 is 2.00. The number of hydrogen-bond donors (Lipinski definition) is 2. The minimum Gasteiger partial charge on any atom is -0.378 e. The van der Waals surface area contributed by atoms with Crippen LogP contribution in [0.4, 0.5) is 0 Å². The first-order valence-electron chi connectivity index (χ1n) is 7.17. The van der Waals surface area contributed by atoms with E-state index in [0.717, 1.165) is 12.2 Å². The largest absolute Gasteiger partial charge is 0.378 e. The number of hydrogen-bond acceptors (Lipinski definition) is 3. The first kappa shape index (κ1) is 16.5. The van der Waals surface area contributed by atoms with E-state index in [1.54, 1.807) is 36.8 Å². The molecule has 0 unspecified atom stereocenters. The van der Waals surface area contributed by atoms with Crippen molar-refractivity contribution in [3.8, 4) is 0 Å². The Bertz CT molecular complexity index is 640. The van der Waals surface area contributed by atoms with Gasteiger partial charge in [0.1, 0.15) is 0 Å². The van der Waals surface area contributed by atoms with Gasteiger partial charge >= 0.3 is 0 Å². The first-order valence-corrected chi connectivity index (χ1v) is 7.55. The van der Waals surface area contributed by atoms with E-state index in [1.807, 2.05) is 4.57 Å². The van der Waals surface area contributed by atoms with Crippen LogP contribution in [-0.2, 0) is 17.9 Å². The van der Waals surface area contributed by atoms with Crippen LogP contribution in [0.2, 0.25) is 5.02 Å². The molecular weight excluding hydrogens is 302 g/mol. The van der Waals surface area contributed by atoms with Crippen molar-refractivity contribution in [3.63, 3.8) is 0 Å². The summed E-state index contributed by atoms with van der Waals surface area (Å²) in [6.45, 7) is 5.39. The monoisotopic (exact) mass is 321 g/mol. The van der Waals surface area contributed by atoms with E-state index in [-0.39, 0.29) is 0 Å². The molecular formula is C16H20ClN3O2. The van der Waals surface area contributed by atoms with Gasteiger partial charge < -0.3 is 15.0 Å². The number of nitrogens with one attached hydrogen (secondary N) is 1. The van der Waals surface area contributed by atoms with E-state index in [1.165, 1.54) is 0 Å². The van der Waals surface area contributed by atoms with Crippen LogP contribution >= 0.6 is 11.6 Å². The van der Waals surface area contributed by atoms with E-state index in [9.17, 15) is 9.90 Å². The molecule has 1 aromatic heterocycles. The third-order valence-electron chi connectivity index (χ3n) is 3.22. The zero-order chi connectivity index (χ0) is 16.1. The number of rotatable bonds is 6. The van der Waals surface area contributed by atoms with Crippen molar-refractivity contribution in [2.75, 3.05) is 0 Å². The van der Waals surface area contributed by atoms with Gasteiger partial charge in [0.2, 0.25) is 0 Å². The highest BCUT2D eigenvalue weighted by atomic mass is 35.5. The number of nitrogens with zero attached hydrogens (tertiary/aromatic N) is 2. The fourth-order valence-corrected chi connectivity index (χ4v) is 2.35. The molecule has 1 amide bonds. The Morgan fingerprint density at radius 3 is 2.91 bits per heavy atom. The summed E-state index contributed by atoms with van der Waals surface area (Å²) in [5, 5.41) is 13.3. The van der Waals surface area contributed by atoms with Crippen LogP contribution in [0.1, 0.15) is 31.2 Å². The molecule has 118 valence electrons. The van der Waals surface area contributed by atoms with E-state index < -0.39 is 12.0 Å². The number of aliphatic hydroxyl groups is 1. The molecule has 2 rings (SSSR count). The van der Waals surface area contributed by atoms with Crippen LogP contribution in [0.3, 0.4) is 0 Å². The van der Waals surface area contributed by atoms with Crippen molar-refractivity contribution in [1.29, 1.82) is 0 Å². The smallest absolute Gasteiger partial charge is 0.253 e. The molecule has 0 aliphatic heterocycles. The third-order valence-corrected chi connectivity index (χ3v) is 3.45. The third kappa shape index (κ3) is 4.32. The molecule has 0 radical (unpaired) electrons. The molecule has 0 aliphatic carbocycles. The van der Waals surface area contributed by atoms with Crippen LogP contribution in [-0.4, -0.2) is 20.6 Å². The highest BCUT2D eigenvalue weighted by Crippen LogP contribution is 2.18. The van der Waals surface area contributed by atoms with Crippen molar-refractivity contribution >= 4 is 17.5 Å². The molecule has 22 heavy (non-hydrogen) atoms. The molecule has 1 atom stereocenters. The molecule has 0 saturated heterocycles.